The molecule has 0 spiro atoms. The first-order chi connectivity index (χ1) is 13.2. The topological polar surface area (TPSA) is 58.1 Å². The van der Waals surface area contributed by atoms with E-state index in [0.717, 1.165) is 45.2 Å². The van der Waals surface area contributed by atoms with Crippen LogP contribution in [-0.2, 0) is 9.47 Å². The van der Waals surface area contributed by atoms with E-state index in [4.69, 9.17) is 9.47 Å². The first-order valence-electron chi connectivity index (χ1n) is 10.1. The molecule has 1 aromatic rings. The van der Waals surface area contributed by atoms with Gasteiger partial charge in [0.25, 0.3) is 0 Å². The molecule has 1 aromatic carbocycles. The Morgan fingerprint density at radius 1 is 1.26 bits per heavy atom. The molecule has 0 radical (unpaired) electrons. The third-order valence-corrected chi connectivity index (χ3v) is 5.06. The summed E-state index contributed by atoms with van der Waals surface area (Å²) in [4.78, 5) is 6.83. The predicted molar refractivity (Wildman–Crippen MR) is 111 cm³/mol. The number of hydrogen-bond acceptors (Lipinski definition) is 4. The van der Waals surface area contributed by atoms with Crippen molar-refractivity contribution < 1.29 is 9.47 Å². The number of nitrogens with one attached hydrogen (secondary N) is 2. The Morgan fingerprint density at radius 3 is 2.81 bits per heavy atom. The minimum atomic E-state index is 0.129. The number of benzene rings is 1. The molecule has 1 fully saturated rings. The Bertz CT molecular complexity index is 538. The summed E-state index contributed by atoms with van der Waals surface area (Å²) < 4.78 is 11.1. The minimum Gasteiger partial charge on any atom is -0.383 e. The highest BCUT2D eigenvalue weighted by Gasteiger charge is 2.23. The van der Waals surface area contributed by atoms with Crippen LogP contribution in [0.1, 0.15) is 37.9 Å². The summed E-state index contributed by atoms with van der Waals surface area (Å²) in [5.74, 6) is 0.865. The number of methoxy groups -OCH3 is 1. The summed E-state index contributed by atoms with van der Waals surface area (Å²) in [5, 5.41) is 6.84. The molecule has 0 aromatic heterocycles. The molecular weight excluding hydrogens is 340 g/mol. The molecule has 0 bridgehead atoms. The highest BCUT2D eigenvalue weighted by molar-refractivity contribution is 5.79. The number of rotatable bonds is 11. The van der Waals surface area contributed by atoms with Crippen molar-refractivity contribution in [3.05, 3.63) is 35.9 Å². The standard InChI is InChI=1S/C21H36N4O2/c1-18(19-9-5-4-6-10-19)27-15-8-12-23-21(22-2)24-17-20-11-7-13-25(20)14-16-26-3/h4-6,9-10,18,20H,7-8,11-17H2,1-3H3,(H2,22,23,24). The fourth-order valence-corrected chi connectivity index (χ4v) is 3.42. The summed E-state index contributed by atoms with van der Waals surface area (Å²) in [6.45, 7) is 7.56. The summed E-state index contributed by atoms with van der Waals surface area (Å²) in [6, 6.07) is 10.9. The number of nitrogens with zero attached hydrogens (tertiary/aromatic N) is 2. The van der Waals surface area contributed by atoms with Gasteiger partial charge in [0, 0.05) is 46.4 Å². The van der Waals surface area contributed by atoms with E-state index in [1.165, 1.54) is 24.9 Å². The molecule has 1 aliphatic heterocycles. The highest BCUT2D eigenvalue weighted by Crippen LogP contribution is 2.16. The van der Waals surface area contributed by atoms with Crippen molar-refractivity contribution in [3.8, 4) is 0 Å². The Hall–Kier alpha value is -1.63. The van der Waals surface area contributed by atoms with Crippen LogP contribution in [0.4, 0.5) is 0 Å². The molecule has 27 heavy (non-hydrogen) atoms. The number of aliphatic imine (C=N–C) groups is 1. The lowest BCUT2D eigenvalue weighted by atomic mass is 10.1. The summed E-state index contributed by atoms with van der Waals surface area (Å²) in [6.07, 6.45) is 3.57. The van der Waals surface area contributed by atoms with E-state index in [0.29, 0.717) is 6.04 Å². The van der Waals surface area contributed by atoms with Gasteiger partial charge in [-0.3, -0.25) is 9.89 Å². The van der Waals surface area contributed by atoms with Gasteiger partial charge in [0.1, 0.15) is 0 Å². The van der Waals surface area contributed by atoms with Gasteiger partial charge in [-0.05, 0) is 38.3 Å². The largest absolute Gasteiger partial charge is 0.383 e. The molecule has 6 nitrogen and oxygen atoms in total. The Morgan fingerprint density at radius 2 is 2.07 bits per heavy atom. The molecule has 1 heterocycles. The highest BCUT2D eigenvalue weighted by atomic mass is 16.5. The molecule has 0 aliphatic carbocycles. The quantitative estimate of drug-likeness (QED) is 0.353. The molecule has 2 unspecified atom stereocenters. The maximum Gasteiger partial charge on any atom is 0.191 e. The van der Waals surface area contributed by atoms with Crippen molar-refractivity contribution in [3.63, 3.8) is 0 Å². The minimum absolute atomic E-state index is 0.129. The van der Waals surface area contributed by atoms with E-state index in [-0.39, 0.29) is 6.10 Å². The maximum absolute atomic E-state index is 5.92. The lowest BCUT2D eigenvalue weighted by Crippen LogP contribution is -2.45. The van der Waals surface area contributed by atoms with Crippen LogP contribution >= 0.6 is 0 Å². The van der Waals surface area contributed by atoms with Crippen LogP contribution in [-0.4, -0.2) is 70.5 Å². The van der Waals surface area contributed by atoms with Crippen LogP contribution in [0.15, 0.2) is 35.3 Å². The van der Waals surface area contributed by atoms with Crippen molar-refractivity contribution in [2.24, 2.45) is 4.99 Å². The van der Waals surface area contributed by atoms with Gasteiger partial charge in [0.05, 0.1) is 12.7 Å². The molecule has 152 valence electrons. The summed E-state index contributed by atoms with van der Waals surface area (Å²) >= 11 is 0. The molecule has 2 N–H and O–H groups in total. The van der Waals surface area contributed by atoms with Crippen LogP contribution in [0.25, 0.3) is 0 Å². The molecule has 1 aliphatic rings. The summed E-state index contributed by atoms with van der Waals surface area (Å²) in [5.41, 5.74) is 1.22. The van der Waals surface area contributed by atoms with Crippen LogP contribution in [0, 0.1) is 0 Å². The van der Waals surface area contributed by atoms with Gasteiger partial charge in [-0.1, -0.05) is 30.3 Å². The van der Waals surface area contributed by atoms with Gasteiger partial charge in [-0.15, -0.1) is 0 Å². The summed E-state index contributed by atoms with van der Waals surface area (Å²) in [7, 11) is 3.58. The lowest BCUT2D eigenvalue weighted by molar-refractivity contribution is 0.0646. The second-order valence-electron chi connectivity index (χ2n) is 6.98. The van der Waals surface area contributed by atoms with Gasteiger partial charge >= 0.3 is 0 Å². The Kier molecular flexibility index (Phi) is 10.2. The molecule has 6 heteroatoms. The normalized spacial score (nSPS) is 19.2. The molecule has 2 rings (SSSR count). The van der Waals surface area contributed by atoms with Gasteiger partial charge in [-0.25, -0.2) is 0 Å². The third-order valence-electron chi connectivity index (χ3n) is 5.06. The number of guanidine groups is 1. The molecule has 2 atom stereocenters. The zero-order valence-electron chi connectivity index (χ0n) is 17.1. The van der Waals surface area contributed by atoms with E-state index in [1.807, 2.05) is 25.2 Å². The average molecular weight is 377 g/mol. The molecule has 1 saturated heterocycles. The van der Waals surface area contributed by atoms with Crippen LogP contribution in [0.3, 0.4) is 0 Å². The van der Waals surface area contributed by atoms with E-state index >= 15 is 0 Å². The van der Waals surface area contributed by atoms with Gasteiger partial charge < -0.3 is 20.1 Å². The first-order valence-corrected chi connectivity index (χ1v) is 10.1. The van der Waals surface area contributed by atoms with Gasteiger partial charge in [0.15, 0.2) is 5.96 Å². The maximum atomic E-state index is 5.92. The number of ether oxygens (including phenoxy) is 2. The lowest BCUT2D eigenvalue weighted by Gasteiger charge is -2.25. The van der Waals surface area contributed by atoms with E-state index in [1.54, 1.807) is 7.11 Å². The molecule has 0 amide bonds. The van der Waals surface area contributed by atoms with E-state index in [9.17, 15) is 0 Å². The van der Waals surface area contributed by atoms with E-state index in [2.05, 4.69) is 39.6 Å². The second-order valence-corrected chi connectivity index (χ2v) is 6.98. The molecular formula is C21H36N4O2. The van der Waals surface area contributed by atoms with Crippen molar-refractivity contribution in [2.75, 3.05) is 53.6 Å². The third kappa shape index (κ3) is 7.87. The first kappa shape index (κ1) is 21.7. The number of hydrogen-bond donors (Lipinski definition) is 2. The van der Waals surface area contributed by atoms with Crippen molar-refractivity contribution in [1.82, 2.24) is 15.5 Å². The average Bonchev–Trinajstić information content (AvgIpc) is 3.16. The van der Waals surface area contributed by atoms with Crippen LogP contribution in [0.5, 0.6) is 0 Å². The number of likely N-dealkylation sites (tertiary alicyclic amines) is 1. The van der Waals surface area contributed by atoms with Crippen LogP contribution in [0.2, 0.25) is 0 Å². The predicted octanol–water partition coefficient (Wildman–Crippen LogP) is 2.43. The Balaban J connectivity index is 1.59. The fraction of sp³-hybridized carbons (Fsp3) is 0.667. The van der Waals surface area contributed by atoms with Crippen molar-refractivity contribution in [2.45, 2.75) is 38.3 Å². The van der Waals surface area contributed by atoms with Crippen molar-refractivity contribution in [1.29, 1.82) is 0 Å². The van der Waals surface area contributed by atoms with Gasteiger partial charge in [-0.2, -0.15) is 0 Å². The van der Waals surface area contributed by atoms with Crippen molar-refractivity contribution >= 4 is 5.96 Å². The zero-order valence-corrected chi connectivity index (χ0v) is 17.1. The second kappa shape index (κ2) is 12.7. The SMILES string of the molecule is CN=C(NCCCOC(C)c1ccccc1)NCC1CCCN1CCOC. The zero-order chi connectivity index (χ0) is 19.3. The monoisotopic (exact) mass is 376 g/mol. The fourth-order valence-electron chi connectivity index (χ4n) is 3.42. The van der Waals surface area contributed by atoms with Crippen LogP contribution < -0.4 is 10.6 Å². The van der Waals surface area contributed by atoms with E-state index < -0.39 is 0 Å². The Labute approximate surface area is 164 Å². The van der Waals surface area contributed by atoms with Gasteiger partial charge in [0.2, 0.25) is 0 Å². The smallest absolute Gasteiger partial charge is 0.191 e. The molecule has 0 saturated carbocycles.